The summed E-state index contributed by atoms with van der Waals surface area (Å²) < 4.78 is 24.7. The Hall–Kier alpha value is -1.04. The number of H-pyrrole nitrogens is 1. The molecular formula is C10H16N2O3S. The highest BCUT2D eigenvalue weighted by atomic mass is 32.2. The van der Waals surface area contributed by atoms with Crippen LogP contribution in [0.25, 0.3) is 0 Å². The van der Waals surface area contributed by atoms with Gasteiger partial charge in [-0.1, -0.05) is 13.8 Å². The Labute approximate surface area is 94.4 Å². The molecule has 90 valence electrons. The molecule has 1 aromatic heterocycles. The SMILES string of the molecule is CC(C)Cn1[nH]c(=O)c2c1CCS(=O)(=O)C2. The average molecular weight is 244 g/mol. The average Bonchev–Trinajstić information content (AvgIpc) is 2.40. The van der Waals surface area contributed by atoms with E-state index in [9.17, 15) is 13.2 Å². The summed E-state index contributed by atoms with van der Waals surface area (Å²) in [5.41, 5.74) is 1.05. The minimum absolute atomic E-state index is 0.108. The van der Waals surface area contributed by atoms with Gasteiger partial charge < -0.3 is 0 Å². The van der Waals surface area contributed by atoms with Gasteiger partial charge in [-0.25, -0.2) is 8.42 Å². The molecule has 2 heterocycles. The molecule has 0 atom stereocenters. The fourth-order valence-corrected chi connectivity index (χ4v) is 3.44. The third-order valence-electron chi connectivity index (χ3n) is 2.75. The monoisotopic (exact) mass is 244 g/mol. The van der Waals surface area contributed by atoms with E-state index in [1.165, 1.54) is 0 Å². The van der Waals surface area contributed by atoms with Gasteiger partial charge in [0.25, 0.3) is 5.56 Å². The van der Waals surface area contributed by atoms with Gasteiger partial charge in [-0.3, -0.25) is 14.6 Å². The highest BCUT2D eigenvalue weighted by Gasteiger charge is 2.27. The Bertz CT molecular complexity index is 551. The Kier molecular flexibility index (Phi) is 2.69. The topological polar surface area (TPSA) is 71.9 Å². The van der Waals surface area contributed by atoms with Crippen LogP contribution in [0, 0.1) is 5.92 Å². The first kappa shape index (κ1) is 11.4. The van der Waals surface area contributed by atoms with Crippen molar-refractivity contribution in [2.24, 2.45) is 5.92 Å². The van der Waals surface area contributed by atoms with Crippen LogP contribution in [0.5, 0.6) is 0 Å². The Balaban J connectivity index is 2.45. The van der Waals surface area contributed by atoms with Gasteiger partial charge in [-0.15, -0.1) is 0 Å². The van der Waals surface area contributed by atoms with E-state index >= 15 is 0 Å². The van der Waals surface area contributed by atoms with Crippen LogP contribution in [-0.2, 0) is 28.6 Å². The highest BCUT2D eigenvalue weighted by Crippen LogP contribution is 2.18. The molecule has 0 spiro atoms. The number of aromatic amines is 1. The molecule has 0 unspecified atom stereocenters. The molecule has 0 aromatic carbocycles. The fourth-order valence-electron chi connectivity index (χ4n) is 2.05. The number of fused-ring (bicyclic) bond motifs is 1. The molecule has 1 aromatic rings. The number of nitrogens with zero attached hydrogens (tertiary/aromatic N) is 1. The molecule has 0 amide bonds. The van der Waals surface area contributed by atoms with E-state index < -0.39 is 9.84 Å². The van der Waals surface area contributed by atoms with Gasteiger partial charge in [0.05, 0.1) is 17.1 Å². The van der Waals surface area contributed by atoms with Gasteiger partial charge in [0.2, 0.25) is 0 Å². The third kappa shape index (κ3) is 2.07. The van der Waals surface area contributed by atoms with Crippen molar-refractivity contribution in [3.05, 3.63) is 21.6 Å². The van der Waals surface area contributed by atoms with Gasteiger partial charge in [-0.05, 0) is 5.92 Å². The van der Waals surface area contributed by atoms with Crippen molar-refractivity contribution < 1.29 is 8.42 Å². The maximum Gasteiger partial charge on any atom is 0.268 e. The van der Waals surface area contributed by atoms with Crippen LogP contribution in [0.3, 0.4) is 0 Å². The van der Waals surface area contributed by atoms with Crippen molar-refractivity contribution in [1.82, 2.24) is 9.78 Å². The predicted molar refractivity (Wildman–Crippen MR) is 61.1 cm³/mol. The van der Waals surface area contributed by atoms with E-state index in [0.29, 0.717) is 17.9 Å². The van der Waals surface area contributed by atoms with Crippen LogP contribution in [-0.4, -0.2) is 24.0 Å². The first-order valence-electron chi connectivity index (χ1n) is 5.40. The maximum absolute atomic E-state index is 11.6. The van der Waals surface area contributed by atoms with Gasteiger partial charge >= 0.3 is 0 Å². The zero-order chi connectivity index (χ0) is 11.9. The minimum atomic E-state index is -3.07. The lowest BCUT2D eigenvalue weighted by Crippen LogP contribution is -2.23. The molecule has 0 fully saturated rings. The normalized spacial score (nSPS) is 18.7. The number of hydrogen-bond acceptors (Lipinski definition) is 3. The van der Waals surface area contributed by atoms with Crippen molar-refractivity contribution in [3.63, 3.8) is 0 Å². The molecule has 1 N–H and O–H groups in total. The molecule has 0 bridgehead atoms. The van der Waals surface area contributed by atoms with Gasteiger partial charge in [-0.2, -0.15) is 0 Å². The number of nitrogens with one attached hydrogen (secondary N) is 1. The minimum Gasteiger partial charge on any atom is -0.289 e. The predicted octanol–water partition coefficient (Wildman–Crippen LogP) is 0.303. The number of sulfone groups is 1. The Morgan fingerprint density at radius 2 is 2.12 bits per heavy atom. The van der Waals surface area contributed by atoms with Crippen LogP contribution in [0.15, 0.2) is 4.79 Å². The van der Waals surface area contributed by atoms with Gasteiger partial charge in [0, 0.05) is 18.7 Å². The molecule has 0 aliphatic carbocycles. The number of aromatic nitrogens is 2. The van der Waals surface area contributed by atoms with Crippen LogP contribution >= 0.6 is 0 Å². The van der Waals surface area contributed by atoms with E-state index in [1.807, 2.05) is 0 Å². The number of hydrogen-bond donors (Lipinski definition) is 1. The largest absolute Gasteiger partial charge is 0.289 e. The smallest absolute Gasteiger partial charge is 0.268 e. The summed E-state index contributed by atoms with van der Waals surface area (Å²) in [6.45, 7) is 4.85. The number of rotatable bonds is 2. The zero-order valence-corrected chi connectivity index (χ0v) is 10.3. The summed E-state index contributed by atoms with van der Waals surface area (Å²) in [4.78, 5) is 11.6. The fraction of sp³-hybridized carbons (Fsp3) is 0.700. The molecule has 0 saturated heterocycles. The second-order valence-corrected chi connectivity index (χ2v) is 6.90. The molecular weight excluding hydrogens is 228 g/mol. The molecule has 2 rings (SSSR count). The summed E-state index contributed by atoms with van der Waals surface area (Å²) >= 11 is 0. The van der Waals surface area contributed by atoms with Gasteiger partial charge in [0.1, 0.15) is 0 Å². The first-order chi connectivity index (χ1) is 7.39. The van der Waals surface area contributed by atoms with E-state index in [2.05, 4.69) is 18.9 Å². The van der Waals surface area contributed by atoms with Crippen molar-refractivity contribution in [2.45, 2.75) is 32.6 Å². The van der Waals surface area contributed by atoms with E-state index in [1.54, 1.807) is 4.68 Å². The first-order valence-corrected chi connectivity index (χ1v) is 7.22. The summed E-state index contributed by atoms with van der Waals surface area (Å²) in [5.74, 6) is 0.462. The van der Waals surface area contributed by atoms with E-state index in [0.717, 1.165) is 12.2 Å². The molecule has 0 saturated carbocycles. The lowest BCUT2D eigenvalue weighted by molar-refractivity contribution is 0.466. The molecule has 1 aliphatic heterocycles. The molecule has 5 nitrogen and oxygen atoms in total. The third-order valence-corrected chi connectivity index (χ3v) is 4.30. The van der Waals surface area contributed by atoms with Crippen molar-refractivity contribution in [3.8, 4) is 0 Å². The van der Waals surface area contributed by atoms with Crippen molar-refractivity contribution >= 4 is 9.84 Å². The summed E-state index contributed by atoms with van der Waals surface area (Å²) in [5, 5.41) is 2.72. The Morgan fingerprint density at radius 3 is 2.75 bits per heavy atom. The summed E-state index contributed by atoms with van der Waals surface area (Å²) in [6.07, 6.45) is 0.448. The van der Waals surface area contributed by atoms with Gasteiger partial charge in [0.15, 0.2) is 9.84 Å². The van der Waals surface area contributed by atoms with E-state index in [4.69, 9.17) is 0 Å². The molecule has 1 aliphatic rings. The molecule has 0 radical (unpaired) electrons. The second kappa shape index (κ2) is 3.76. The Morgan fingerprint density at radius 1 is 1.44 bits per heavy atom. The summed E-state index contributed by atoms with van der Waals surface area (Å²) in [6, 6.07) is 0. The second-order valence-electron chi connectivity index (χ2n) is 4.71. The maximum atomic E-state index is 11.6. The molecule has 6 heteroatoms. The van der Waals surface area contributed by atoms with Crippen molar-refractivity contribution in [1.29, 1.82) is 0 Å². The van der Waals surface area contributed by atoms with Crippen LogP contribution in [0.2, 0.25) is 0 Å². The van der Waals surface area contributed by atoms with Crippen LogP contribution < -0.4 is 5.56 Å². The van der Waals surface area contributed by atoms with E-state index in [-0.39, 0.29) is 17.1 Å². The standard InChI is InChI=1S/C10H16N2O3S/c1-7(2)5-12-9-3-4-16(14,15)6-8(9)10(13)11-12/h7H,3-6H2,1-2H3,(H,11,13). The zero-order valence-electron chi connectivity index (χ0n) is 9.49. The van der Waals surface area contributed by atoms with Crippen LogP contribution in [0.4, 0.5) is 0 Å². The van der Waals surface area contributed by atoms with Crippen LogP contribution in [0.1, 0.15) is 25.1 Å². The summed E-state index contributed by atoms with van der Waals surface area (Å²) in [7, 11) is -3.07. The lowest BCUT2D eigenvalue weighted by atomic mass is 10.2. The van der Waals surface area contributed by atoms with Crippen molar-refractivity contribution in [2.75, 3.05) is 5.75 Å². The lowest BCUT2D eigenvalue weighted by Gasteiger charge is -2.15. The highest BCUT2D eigenvalue weighted by molar-refractivity contribution is 7.90. The molecule has 16 heavy (non-hydrogen) atoms. The quantitative estimate of drug-likeness (QED) is 0.813.